The van der Waals surface area contributed by atoms with Crippen molar-refractivity contribution in [3.8, 4) is 28.0 Å². The molecule has 1 heterocycles. The molecule has 0 spiro atoms. The van der Waals surface area contributed by atoms with Gasteiger partial charge in [0.05, 0.1) is 5.30 Å². The highest BCUT2D eigenvalue weighted by Gasteiger charge is 2.36. The summed E-state index contributed by atoms with van der Waals surface area (Å²) in [6, 6.07) is 23.1. The van der Waals surface area contributed by atoms with Crippen LogP contribution in [0.15, 0.2) is 72.8 Å². The number of benzene rings is 3. The standard InChI is InChI=1S/C19H15O3P/c20-13-23(21)18-12-5-4-9-16(18)17-11-6-10-15(19(17)22-23)14-7-2-1-3-8-14/h1-12,20H,13H2. The van der Waals surface area contributed by atoms with Crippen molar-refractivity contribution in [2.45, 2.75) is 0 Å². The third kappa shape index (κ3) is 2.21. The molecule has 114 valence electrons. The highest BCUT2D eigenvalue weighted by atomic mass is 31.2. The summed E-state index contributed by atoms with van der Waals surface area (Å²) in [6.07, 6.45) is -0.507. The average molecular weight is 322 g/mol. The lowest BCUT2D eigenvalue weighted by Crippen LogP contribution is -2.19. The molecule has 1 unspecified atom stereocenters. The van der Waals surface area contributed by atoms with Gasteiger partial charge in [-0.05, 0) is 17.2 Å². The zero-order valence-electron chi connectivity index (χ0n) is 12.3. The van der Waals surface area contributed by atoms with Gasteiger partial charge in [0.1, 0.15) is 12.1 Å². The Kier molecular flexibility index (Phi) is 3.33. The molecule has 0 bridgehead atoms. The molecule has 0 fully saturated rings. The van der Waals surface area contributed by atoms with E-state index in [1.165, 1.54) is 0 Å². The molecule has 0 saturated heterocycles. The second-order valence-electron chi connectivity index (χ2n) is 5.47. The SMILES string of the molecule is O=P1(CO)Oc2c(-c3ccccc3)cccc2-c2ccccc21. The van der Waals surface area contributed by atoms with E-state index >= 15 is 0 Å². The van der Waals surface area contributed by atoms with Crippen molar-refractivity contribution in [1.29, 1.82) is 0 Å². The predicted molar refractivity (Wildman–Crippen MR) is 92.3 cm³/mol. The Balaban J connectivity index is 2.02. The molecule has 1 aliphatic rings. The van der Waals surface area contributed by atoms with Gasteiger partial charge in [0, 0.05) is 11.1 Å². The minimum Gasteiger partial charge on any atom is -0.437 e. The van der Waals surface area contributed by atoms with E-state index in [-0.39, 0.29) is 0 Å². The molecule has 0 aromatic heterocycles. The molecule has 23 heavy (non-hydrogen) atoms. The molecule has 3 nitrogen and oxygen atoms in total. The van der Waals surface area contributed by atoms with Gasteiger partial charge in [-0.15, -0.1) is 0 Å². The van der Waals surface area contributed by atoms with Crippen molar-refractivity contribution in [2.24, 2.45) is 0 Å². The smallest absolute Gasteiger partial charge is 0.302 e. The fourth-order valence-corrected chi connectivity index (χ4v) is 4.67. The number of aliphatic hydroxyl groups excluding tert-OH is 1. The number of hydrogen-bond donors (Lipinski definition) is 1. The molecule has 0 aliphatic carbocycles. The number of aliphatic hydroxyl groups is 1. The lowest BCUT2D eigenvalue weighted by molar-refractivity contribution is 0.339. The summed E-state index contributed by atoms with van der Waals surface area (Å²) >= 11 is 0. The van der Waals surface area contributed by atoms with Crippen molar-refractivity contribution in [1.82, 2.24) is 0 Å². The molecule has 1 atom stereocenters. The van der Waals surface area contributed by atoms with Crippen LogP contribution in [0.2, 0.25) is 0 Å². The predicted octanol–water partition coefficient (Wildman–Crippen LogP) is 4.27. The van der Waals surface area contributed by atoms with Crippen LogP contribution in [0.4, 0.5) is 0 Å². The van der Waals surface area contributed by atoms with E-state index in [9.17, 15) is 9.67 Å². The molecule has 0 saturated carbocycles. The molecule has 1 N–H and O–H groups in total. The number of rotatable bonds is 2. The van der Waals surface area contributed by atoms with E-state index in [4.69, 9.17) is 4.52 Å². The first-order chi connectivity index (χ1) is 11.2. The van der Waals surface area contributed by atoms with E-state index in [2.05, 4.69) is 0 Å². The average Bonchev–Trinajstić information content (AvgIpc) is 2.62. The highest BCUT2D eigenvalue weighted by Crippen LogP contribution is 2.56. The van der Waals surface area contributed by atoms with Gasteiger partial charge < -0.3 is 9.63 Å². The van der Waals surface area contributed by atoms with Gasteiger partial charge in [-0.2, -0.15) is 0 Å². The van der Waals surface area contributed by atoms with E-state index < -0.39 is 13.7 Å². The maximum atomic E-state index is 13.1. The number of hydrogen-bond acceptors (Lipinski definition) is 3. The van der Waals surface area contributed by atoms with Crippen LogP contribution >= 0.6 is 7.37 Å². The first-order valence-electron chi connectivity index (χ1n) is 7.41. The van der Waals surface area contributed by atoms with Gasteiger partial charge in [-0.3, -0.25) is 4.57 Å². The number of fused-ring (bicyclic) bond motifs is 3. The molecule has 3 aromatic rings. The fraction of sp³-hybridized carbons (Fsp3) is 0.0526. The van der Waals surface area contributed by atoms with Crippen LogP contribution in [-0.2, 0) is 4.57 Å². The Morgan fingerprint density at radius 2 is 1.43 bits per heavy atom. The largest absolute Gasteiger partial charge is 0.437 e. The Morgan fingerprint density at radius 3 is 2.22 bits per heavy atom. The maximum absolute atomic E-state index is 13.1. The topological polar surface area (TPSA) is 46.5 Å². The van der Waals surface area contributed by atoms with Gasteiger partial charge >= 0.3 is 7.37 Å². The summed E-state index contributed by atoms with van der Waals surface area (Å²) in [4.78, 5) is 0. The maximum Gasteiger partial charge on any atom is 0.302 e. The summed E-state index contributed by atoms with van der Waals surface area (Å²) in [7, 11) is -3.31. The lowest BCUT2D eigenvalue weighted by Gasteiger charge is -2.29. The first kappa shape index (κ1) is 14.3. The summed E-state index contributed by atoms with van der Waals surface area (Å²) in [5.74, 6) is 0.579. The van der Waals surface area contributed by atoms with Crippen LogP contribution in [0.5, 0.6) is 5.75 Å². The molecular formula is C19H15O3P. The second kappa shape index (κ2) is 5.38. The highest BCUT2D eigenvalue weighted by molar-refractivity contribution is 7.67. The molecule has 4 rings (SSSR count). The van der Waals surface area contributed by atoms with Crippen LogP contribution in [0, 0.1) is 0 Å². The third-order valence-electron chi connectivity index (χ3n) is 4.09. The third-order valence-corrected chi connectivity index (χ3v) is 6.06. The van der Waals surface area contributed by atoms with E-state index in [0.29, 0.717) is 11.1 Å². The van der Waals surface area contributed by atoms with Crippen molar-refractivity contribution in [2.75, 3.05) is 6.35 Å². The zero-order chi connectivity index (χ0) is 15.9. The van der Waals surface area contributed by atoms with Crippen molar-refractivity contribution in [3.05, 3.63) is 72.8 Å². The van der Waals surface area contributed by atoms with E-state index in [1.807, 2.05) is 66.7 Å². The molecule has 3 aromatic carbocycles. The normalized spacial score (nSPS) is 18.7. The monoisotopic (exact) mass is 322 g/mol. The summed E-state index contributed by atoms with van der Waals surface area (Å²) in [5.41, 5.74) is 3.64. The summed E-state index contributed by atoms with van der Waals surface area (Å²) < 4.78 is 19.0. The van der Waals surface area contributed by atoms with Crippen molar-refractivity contribution in [3.63, 3.8) is 0 Å². The molecule has 0 amide bonds. The van der Waals surface area contributed by atoms with E-state index in [1.54, 1.807) is 6.07 Å². The fourth-order valence-electron chi connectivity index (χ4n) is 2.99. The summed E-state index contributed by atoms with van der Waals surface area (Å²) in [5, 5.41) is 10.3. The van der Waals surface area contributed by atoms with E-state index in [0.717, 1.165) is 22.3 Å². The van der Waals surface area contributed by atoms with Crippen LogP contribution in [-0.4, -0.2) is 11.5 Å². The second-order valence-corrected chi connectivity index (χ2v) is 7.77. The molecular weight excluding hydrogens is 307 g/mol. The number of para-hydroxylation sites is 1. The quantitative estimate of drug-likeness (QED) is 0.717. The van der Waals surface area contributed by atoms with Gasteiger partial charge in [-0.25, -0.2) is 0 Å². The van der Waals surface area contributed by atoms with Crippen molar-refractivity contribution >= 4 is 12.7 Å². The summed E-state index contributed by atoms with van der Waals surface area (Å²) in [6.45, 7) is 0. The molecule has 1 aliphatic heterocycles. The lowest BCUT2D eigenvalue weighted by atomic mass is 9.97. The Labute approximate surface area is 134 Å². The van der Waals surface area contributed by atoms with Crippen LogP contribution in [0.3, 0.4) is 0 Å². The zero-order valence-corrected chi connectivity index (χ0v) is 13.2. The first-order valence-corrected chi connectivity index (χ1v) is 9.22. The van der Waals surface area contributed by atoms with Gasteiger partial charge in [0.15, 0.2) is 0 Å². The van der Waals surface area contributed by atoms with Crippen LogP contribution in [0.25, 0.3) is 22.3 Å². The molecule has 4 heteroatoms. The van der Waals surface area contributed by atoms with Gasteiger partial charge in [0.2, 0.25) is 0 Å². The van der Waals surface area contributed by atoms with Crippen molar-refractivity contribution < 1.29 is 14.2 Å². The van der Waals surface area contributed by atoms with Crippen LogP contribution in [0.1, 0.15) is 0 Å². The minimum absolute atomic E-state index is 0.507. The Hall–Kier alpha value is -2.35. The van der Waals surface area contributed by atoms with Crippen LogP contribution < -0.4 is 9.83 Å². The molecule has 0 radical (unpaired) electrons. The minimum atomic E-state index is -3.31. The van der Waals surface area contributed by atoms with Gasteiger partial charge in [-0.1, -0.05) is 66.7 Å². The van der Waals surface area contributed by atoms with Gasteiger partial charge in [0.25, 0.3) is 0 Å². The Morgan fingerprint density at radius 1 is 0.783 bits per heavy atom. The Bertz CT molecular complexity index is 905.